The van der Waals surface area contributed by atoms with Crippen LogP contribution in [0.25, 0.3) is 27.9 Å². The summed E-state index contributed by atoms with van der Waals surface area (Å²) in [4.78, 5) is 2.95. The zero-order valence-electron chi connectivity index (χ0n) is 24.4. The third-order valence-corrected chi connectivity index (χ3v) is 10.1. The van der Waals surface area contributed by atoms with Gasteiger partial charge in [-0.1, -0.05) is 54.6 Å². The van der Waals surface area contributed by atoms with Gasteiger partial charge in [0.15, 0.2) is 6.54 Å². The van der Waals surface area contributed by atoms with Crippen LogP contribution in [0.3, 0.4) is 0 Å². The van der Waals surface area contributed by atoms with Crippen LogP contribution in [0.15, 0.2) is 80.6 Å². The Kier molecular flexibility index (Phi) is 11.7. The standard InChI is InChI=1S/C30H31ClN2O7S3.Na/c1-2-21(19-29-32(15-7-17-43(37,38)39)25-20-23(31)11-13-27(25)41-29)18-28-33(14-5-6-16-42(34,35)36)30-24-9-4-3-8-22(24)10-12-26(30)40-28;/h3-4,8-13,18-20H,2,5-7,14-17H2,1H3,(H-,34,35,36,37,38,39);/q;+1. The predicted octanol–water partition coefficient (Wildman–Crippen LogP) is 3.38. The molecule has 1 aliphatic rings. The second-order valence-corrected chi connectivity index (χ2v) is 14.8. The molecule has 0 bridgehead atoms. The van der Waals surface area contributed by atoms with Gasteiger partial charge in [-0.05, 0) is 66.6 Å². The van der Waals surface area contributed by atoms with Crippen molar-refractivity contribution in [3.8, 4) is 0 Å². The van der Waals surface area contributed by atoms with Crippen LogP contribution < -0.4 is 39.0 Å². The van der Waals surface area contributed by atoms with Gasteiger partial charge >= 0.3 is 35.4 Å². The number of aromatic nitrogens is 1. The fraction of sp³-hybridized carbons (Fsp3) is 0.300. The number of thioether (sulfide) groups is 1. The van der Waals surface area contributed by atoms with E-state index in [9.17, 15) is 25.9 Å². The number of benzene rings is 3. The molecule has 1 aliphatic heterocycles. The van der Waals surface area contributed by atoms with Crippen molar-refractivity contribution in [1.82, 2.24) is 0 Å². The number of hydrogen-bond acceptors (Lipinski definition) is 8. The first-order chi connectivity index (χ1) is 20.4. The Bertz CT molecular complexity index is 1960. The van der Waals surface area contributed by atoms with E-state index < -0.39 is 26.0 Å². The molecule has 4 aromatic rings. The van der Waals surface area contributed by atoms with Crippen LogP contribution in [0.4, 0.5) is 5.69 Å². The number of oxazole rings is 1. The minimum atomic E-state index is -4.34. The Balaban J connectivity index is 0.00000442. The summed E-state index contributed by atoms with van der Waals surface area (Å²) in [5.74, 6) is -0.176. The van der Waals surface area contributed by atoms with E-state index in [-0.39, 0.29) is 41.7 Å². The minimum absolute atomic E-state index is 0. The van der Waals surface area contributed by atoms with Crippen molar-refractivity contribution in [2.24, 2.45) is 0 Å². The molecular weight excluding hydrogens is 655 g/mol. The summed E-state index contributed by atoms with van der Waals surface area (Å²) in [5.41, 5.74) is 3.39. The van der Waals surface area contributed by atoms with Crippen LogP contribution in [0, 0.1) is 0 Å². The van der Waals surface area contributed by atoms with Gasteiger partial charge in [0.05, 0.1) is 38.0 Å². The molecule has 0 atom stereocenters. The Hall–Kier alpha value is -1.87. The number of halogens is 1. The van der Waals surface area contributed by atoms with E-state index >= 15 is 0 Å². The summed E-state index contributed by atoms with van der Waals surface area (Å²) in [6.07, 6.45) is 5.61. The average Bonchev–Trinajstić information content (AvgIpc) is 3.46. The quantitative estimate of drug-likeness (QED) is 0.103. The summed E-state index contributed by atoms with van der Waals surface area (Å²) in [5, 5.41) is 3.48. The first kappa shape index (κ1) is 35.0. The van der Waals surface area contributed by atoms with Gasteiger partial charge in [0.1, 0.15) is 0 Å². The van der Waals surface area contributed by atoms with Crippen LogP contribution in [0.5, 0.6) is 0 Å². The van der Waals surface area contributed by atoms with Crippen molar-refractivity contribution < 1.29 is 64.5 Å². The number of aryl methyl sites for hydroxylation is 1. The van der Waals surface area contributed by atoms with Gasteiger partial charge in [-0.15, -0.1) is 0 Å². The normalized spacial score (nSPS) is 14.9. The van der Waals surface area contributed by atoms with Gasteiger partial charge in [-0.3, -0.25) is 4.55 Å². The zero-order valence-corrected chi connectivity index (χ0v) is 29.6. The molecule has 0 amide bonds. The molecule has 0 fully saturated rings. The van der Waals surface area contributed by atoms with E-state index in [1.807, 2.05) is 77.1 Å². The van der Waals surface area contributed by atoms with Crippen LogP contribution in [-0.4, -0.2) is 44.0 Å². The fourth-order valence-corrected chi connectivity index (χ4v) is 7.50. The first-order valence-electron chi connectivity index (χ1n) is 13.8. The number of hydrogen-bond donors (Lipinski definition) is 1. The van der Waals surface area contributed by atoms with Crippen LogP contribution >= 0.6 is 23.4 Å². The summed E-state index contributed by atoms with van der Waals surface area (Å²) in [6.45, 7) is 2.83. The molecule has 228 valence electrons. The van der Waals surface area contributed by atoms with E-state index in [4.69, 9.17) is 16.0 Å². The van der Waals surface area contributed by atoms with E-state index in [2.05, 4.69) is 0 Å². The molecule has 0 radical (unpaired) electrons. The van der Waals surface area contributed by atoms with E-state index in [1.54, 1.807) is 6.07 Å². The molecule has 1 aromatic heterocycles. The first-order valence-corrected chi connectivity index (χ1v) is 18.2. The zero-order chi connectivity index (χ0) is 30.8. The van der Waals surface area contributed by atoms with Crippen molar-refractivity contribution in [2.45, 2.75) is 44.0 Å². The van der Waals surface area contributed by atoms with E-state index in [1.165, 1.54) is 11.8 Å². The molecule has 2 heterocycles. The molecule has 5 rings (SSSR count). The van der Waals surface area contributed by atoms with Gasteiger partial charge in [-0.25, -0.2) is 8.42 Å². The molecule has 3 aromatic carbocycles. The summed E-state index contributed by atoms with van der Waals surface area (Å²) < 4.78 is 74.0. The number of fused-ring (bicyclic) bond motifs is 4. The Morgan fingerprint density at radius 1 is 1.07 bits per heavy atom. The molecule has 0 saturated carbocycles. The number of unbranched alkanes of at least 4 members (excludes halogenated alkanes) is 1. The monoisotopic (exact) mass is 685 g/mol. The Labute approximate surface area is 288 Å². The Morgan fingerprint density at radius 2 is 1.84 bits per heavy atom. The van der Waals surface area contributed by atoms with Gasteiger partial charge in [-0.2, -0.15) is 13.0 Å². The molecule has 14 heteroatoms. The van der Waals surface area contributed by atoms with Crippen molar-refractivity contribution in [3.05, 3.63) is 82.2 Å². The Morgan fingerprint density at radius 3 is 2.57 bits per heavy atom. The number of nitrogens with zero attached hydrogens (tertiary/aromatic N) is 2. The number of anilines is 1. The third kappa shape index (κ3) is 8.68. The average molecular weight is 686 g/mol. The molecular formula is C30H31ClN2NaO7S3+. The maximum absolute atomic E-state index is 11.3. The molecule has 9 nitrogen and oxygen atoms in total. The van der Waals surface area contributed by atoms with Crippen molar-refractivity contribution >= 4 is 77.2 Å². The van der Waals surface area contributed by atoms with Crippen molar-refractivity contribution in [3.63, 3.8) is 0 Å². The number of allylic oxidation sites excluding steroid dienone is 2. The molecule has 0 spiro atoms. The predicted molar refractivity (Wildman–Crippen MR) is 170 cm³/mol. The molecule has 0 unspecified atom stereocenters. The molecule has 0 aliphatic carbocycles. The van der Waals surface area contributed by atoms with Crippen LogP contribution in [-0.2, 0) is 26.8 Å². The minimum Gasteiger partial charge on any atom is -0.748 e. The third-order valence-electron chi connectivity index (χ3n) is 7.14. The van der Waals surface area contributed by atoms with Crippen molar-refractivity contribution in [2.75, 3.05) is 23.0 Å². The van der Waals surface area contributed by atoms with Crippen molar-refractivity contribution in [1.29, 1.82) is 0 Å². The van der Waals surface area contributed by atoms with E-state index in [0.717, 1.165) is 37.5 Å². The second-order valence-electron chi connectivity index (χ2n) is 10.3. The topological polar surface area (TPSA) is 132 Å². The molecule has 0 saturated heterocycles. The molecule has 44 heavy (non-hydrogen) atoms. The summed E-state index contributed by atoms with van der Waals surface area (Å²) in [7, 11) is -8.39. The summed E-state index contributed by atoms with van der Waals surface area (Å²) in [6, 6.07) is 17.4. The number of rotatable bonds is 12. The van der Waals surface area contributed by atoms with Gasteiger partial charge in [0, 0.05) is 28.6 Å². The van der Waals surface area contributed by atoms with Gasteiger partial charge < -0.3 is 13.9 Å². The maximum Gasteiger partial charge on any atom is 1.00 e. The van der Waals surface area contributed by atoms with Crippen LogP contribution in [0.1, 0.15) is 38.5 Å². The van der Waals surface area contributed by atoms with Gasteiger partial charge in [0.25, 0.3) is 15.6 Å². The largest absolute Gasteiger partial charge is 1.00 e. The maximum atomic E-state index is 11.3. The van der Waals surface area contributed by atoms with E-state index in [0.29, 0.717) is 48.8 Å². The smallest absolute Gasteiger partial charge is 0.748 e. The second kappa shape index (κ2) is 14.7. The fourth-order valence-electron chi connectivity index (χ4n) is 5.13. The summed E-state index contributed by atoms with van der Waals surface area (Å²) >= 11 is 7.82. The molecule has 1 N–H and O–H groups in total. The van der Waals surface area contributed by atoms with Crippen LogP contribution in [0.2, 0.25) is 5.02 Å². The van der Waals surface area contributed by atoms with Gasteiger partial charge in [0.2, 0.25) is 5.58 Å². The SMILES string of the molecule is CCC(/C=C1\Sc2ccc(Cl)cc2N1CCCS(=O)(=O)[O-])=C\c1oc2ccc3ccccc3c2[n+]1CCCCS(=O)(=O)O.[Na+].